The molecule has 0 N–H and O–H groups in total. The van der Waals surface area contributed by atoms with Crippen molar-refractivity contribution in [3.8, 4) is 0 Å². The summed E-state index contributed by atoms with van der Waals surface area (Å²) in [6.45, 7) is 1.85. The summed E-state index contributed by atoms with van der Waals surface area (Å²) in [6.07, 6.45) is 8.94. The molecule has 2 aromatic rings. The van der Waals surface area contributed by atoms with Crippen molar-refractivity contribution >= 4 is 17.5 Å². The Labute approximate surface area is 110 Å². The van der Waals surface area contributed by atoms with Crippen molar-refractivity contribution < 1.29 is 0 Å². The molecule has 0 bridgehead atoms. The van der Waals surface area contributed by atoms with Gasteiger partial charge in [-0.05, 0) is 12.8 Å². The van der Waals surface area contributed by atoms with E-state index in [9.17, 15) is 0 Å². The third-order valence-corrected chi connectivity index (χ3v) is 3.36. The largest absolute Gasteiger partial charge is 0.341 e. The third-order valence-electron chi connectivity index (χ3n) is 3.17. The van der Waals surface area contributed by atoms with Crippen LogP contribution in [0.15, 0.2) is 24.8 Å². The molecule has 1 aliphatic heterocycles. The molecule has 0 spiro atoms. The van der Waals surface area contributed by atoms with Crippen LogP contribution in [0.2, 0.25) is 5.02 Å². The molecule has 0 unspecified atom stereocenters. The summed E-state index contributed by atoms with van der Waals surface area (Å²) in [5.74, 6) is 0.747. The Kier molecular flexibility index (Phi) is 3.10. The number of nitrogens with zero attached hydrogens (tertiary/aromatic N) is 6. The second-order valence-corrected chi connectivity index (χ2v) is 4.74. The Balaban J connectivity index is 1.65. The minimum atomic E-state index is 0.427. The molecule has 3 heterocycles. The van der Waals surface area contributed by atoms with E-state index < -0.39 is 0 Å². The van der Waals surface area contributed by atoms with E-state index in [0.717, 1.165) is 31.9 Å². The van der Waals surface area contributed by atoms with Crippen LogP contribution < -0.4 is 4.90 Å². The molecule has 7 heteroatoms. The maximum absolute atomic E-state index is 5.78. The van der Waals surface area contributed by atoms with Gasteiger partial charge in [0.2, 0.25) is 5.95 Å². The molecule has 0 aromatic carbocycles. The van der Waals surface area contributed by atoms with Crippen LogP contribution in [0.1, 0.15) is 18.9 Å². The Morgan fingerprint density at radius 3 is 2.50 bits per heavy atom. The monoisotopic (exact) mass is 264 g/mol. The standard InChI is InChI=1S/C11H13ClN6/c12-9-7-13-11(14-8-9)17-4-1-10(2-5-17)18-6-3-15-16-18/h3,6-8,10H,1-2,4-5H2. The van der Waals surface area contributed by atoms with Crippen LogP contribution in [0.4, 0.5) is 5.95 Å². The van der Waals surface area contributed by atoms with Gasteiger partial charge in [0.15, 0.2) is 0 Å². The second-order valence-electron chi connectivity index (χ2n) is 4.30. The van der Waals surface area contributed by atoms with Gasteiger partial charge in [-0.25, -0.2) is 14.6 Å². The average molecular weight is 265 g/mol. The van der Waals surface area contributed by atoms with Crippen molar-refractivity contribution in [2.75, 3.05) is 18.0 Å². The first kappa shape index (κ1) is 11.4. The van der Waals surface area contributed by atoms with Gasteiger partial charge in [-0.15, -0.1) is 5.10 Å². The molecule has 1 aliphatic rings. The fourth-order valence-electron chi connectivity index (χ4n) is 2.21. The second kappa shape index (κ2) is 4.89. The van der Waals surface area contributed by atoms with Gasteiger partial charge in [-0.2, -0.15) is 0 Å². The number of piperidine rings is 1. The van der Waals surface area contributed by atoms with Gasteiger partial charge in [-0.1, -0.05) is 16.8 Å². The summed E-state index contributed by atoms with van der Waals surface area (Å²) in [5, 5.41) is 8.46. The zero-order chi connectivity index (χ0) is 12.4. The maximum atomic E-state index is 5.78. The van der Waals surface area contributed by atoms with Crippen molar-refractivity contribution in [1.82, 2.24) is 25.0 Å². The lowest BCUT2D eigenvalue weighted by Gasteiger charge is -2.31. The molecule has 0 atom stereocenters. The summed E-state index contributed by atoms with van der Waals surface area (Å²) >= 11 is 5.78. The van der Waals surface area contributed by atoms with E-state index in [-0.39, 0.29) is 0 Å². The number of aromatic nitrogens is 5. The van der Waals surface area contributed by atoms with E-state index >= 15 is 0 Å². The third kappa shape index (κ3) is 2.28. The van der Waals surface area contributed by atoms with Gasteiger partial charge in [0, 0.05) is 19.3 Å². The number of anilines is 1. The van der Waals surface area contributed by atoms with Gasteiger partial charge in [-0.3, -0.25) is 0 Å². The summed E-state index contributed by atoms with van der Waals surface area (Å²) in [5.41, 5.74) is 0. The van der Waals surface area contributed by atoms with Gasteiger partial charge in [0.05, 0.1) is 29.7 Å². The molecule has 1 saturated heterocycles. The van der Waals surface area contributed by atoms with Crippen LogP contribution in [0.5, 0.6) is 0 Å². The molecule has 0 radical (unpaired) electrons. The molecule has 3 rings (SSSR count). The predicted molar refractivity (Wildman–Crippen MR) is 67.5 cm³/mol. The molecule has 2 aromatic heterocycles. The number of rotatable bonds is 2. The SMILES string of the molecule is Clc1cnc(N2CCC(n3ccnn3)CC2)nc1. The fourth-order valence-corrected chi connectivity index (χ4v) is 2.31. The molecule has 94 valence electrons. The number of hydrogen-bond acceptors (Lipinski definition) is 5. The summed E-state index contributed by atoms with van der Waals surface area (Å²) in [4.78, 5) is 10.6. The molecule has 1 fully saturated rings. The first-order valence-corrected chi connectivity index (χ1v) is 6.29. The van der Waals surface area contributed by atoms with Gasteiger partial charge < -0.3 is 4.90 Å². The molecular formula is C11H13ClN6. The lowest BCUT2D eigenvalue weighted by atomic mass is 10.1. The zero-order valence-electron chi connectivity index (χ0n) is 9.78. The molecular weight excluding hydrogens is 252 g/mol. The van der Waals surface area contributed by atoms with Crippen molar-refractivity contribution in [2.45, 2.75) is 18.9 Å². The van der Waals surface area contributed by atoms with E-state index in [1.54, 1.807) is 18.6 Å². The predicted octanol–water partition coefficient (Wildman–Crippen LogP) is 1.56. The fraction of sp³-hybridized carbons (Fsp3) is 0.455. The highest BCUT2D eigenvalue weighted by molar-refractivity contribution is 6.30. The van der Waals surface area contributed by atoms with E-state index in [4.69, 9.17) is 11.6 Å². The zero-order valence-corrected chi connectivity index (χ0v) is 10.5. The van der Waals surface area contributed by atoms with Crippen molar-refractivity contribution in [2.24, 2.45) is 0 Å². The first-order chi connectivity index (χ1) is 8.83. The highest BCUT2D eigenvalue weighted by Gasteiger charge is 2.22. The molecule has 0 aliphatic carbocycles. The van der Waals surface area contributed by atoms with Crippen molar-refractivity contribution in [3.05, 3.63) is 29.8 Å². The quantitative estimate of drug-likeness (QED) is 0.824. The van der Waals surface area contributed by atoms with Crippen molar-refractivity contribution in [3.63, 3.8) is 0 Å². The van der Waals surface area contributed by atoms with Gasteiger partial charge in [0.25, 0.3) is 0 Å². The molecule has 18 heavy (non-hydrogen) atoms. The van der Waals surface area contributed by atoms with Crippen LogP contribution in [0.3, 0.4) is 0 Å². The molecule has 6 nitrogen and oxygen atoms in total. The highest BCUT2D eigenvalue weighted by atomic mass is 35.5. The van der Waals surface area contributed by atoms with Crippen LogP contribution in [0, 0.1) is 0 Å². The molecule has 0 saturated carbocycles. The topological polar surface area (TPSA) is 59.7 Å². The van der Waals surface area contributed by atoms with Crippen LogP contribution >= 0.6 is 11.6 Å². The van der Waals surface area contributed by atoms with Crippen LogP contribution in [0.25, 0.3) is 0 Å². The van der Waals surface area contributed by atoms with Gasteiger partial charge in [0.1, 0.15) is 0 Å². The maximum Gasteiger partial charge on any atom is 0.225 e. The minimum absolute atomic E-state index is 0.427. The Bertz CT molecular complexity index is 489. The van der Waals surface area contributed by atoms with Crippen LogP contribution in [-0.4, -0.2) is 38.1 Å². The summed E-state index contributed by atoms with van der Waals surface area (Å²) in [6, 6.07) is 0.427. The van der Waals surface area contributed by atoms with Crippen molar-refractivity contribution in [1.29, 1.82) is 0 Å². The Morgan fingerprint density at radius 2 is 1.89 bits per heavy atom. The van der Waals surface area contributed by atoms with E-state index in [2.05, 4.69) is 25.2 Å². The van der Waals surface area contributed by atoms with Crippen LogP contribution in [-0.2, 0) is 0 Å². The Morgan fingerprint density at radius 1 is 1.17 bits per heavy atom. The first-order valence-electron chi connectivity index (χ1n) is 5.91. The average Bonchev–Trinajstić information content (AvgIpc) is 2.94. The smallest absolute Gasteiger partial charge is 0.225 e. The molecule has 0 amide bonds. The Hall–Kier alpha value is -1.69. The van der Waals surface area contributed by atoms with Gasteiger partial charge >= 0.3 is 0 Å². The van der Waals surface area contributed by atoms with E-state index in [1.807, 2.05) is 10.9 Å². The van der Waals surface area contributed by atoms with E-state index in [0.29, 0.717) is 11.1 Å². The number of hydrogen-bond donors (Lipinski definition) is 0. The lowest BCUT2D eigenvalue weighted by Crippen LogP contribution is -2.35. The van der Waals surface area contributed by atoms with E-state index in [1.165, 1.54) is 0 Å². The number of halogens is 1. The summed E-state index contributed by atoms with van der Waals surface area (Å²) < 4.78 is 1.93. The highest BCUT2D eigenvalue weighted by Crippen LogP contribution is 2.23. The lowest BCUT2D eigenvalue weighted by molar-refractivity contribution is 0.358. The minimum Gasteiger partial charge on any atom is -0.341 e. The normalized spacial score (nSPS) is 17.1. The summed E-state index contributed by atoms with van der Waals surface area (Å²) in [7, 11) is 0.